The summed E-state index contributed by atoms with van der Waals surface area (Å²) in [5.41, 5.74) is 0.757. The monoisotopic (exact) mass is 354 g/mol. The summed E-state index contributed by atoms with van der Waals surface area (Å²) in [7, 11) is 1.57. The van der Waals surface area contributed by atoms with Gasteiger partial charge in [0.1, 0.15) is 11.8 Å². The van der Waals surface area contributed by atoms with E-state index < -0.39 is 4.92 Å². The Morgan fingerprint density at radius 3 is 2.68 bits per heavy atom. The first kappa shape index (κ1) is 16.4. The highest BCUT2D eigenvalue weighted by molar-refractivity contribution is 7.99. The van der Waals surface area contributed by atoms with Gasteiger partial charge in [-0.1, -0.05) is 0 Å². The van der Waals surface area contributed by atoms with Gasteiger partial charge in [0.15, 0.2) is 0 Å². The minimum atomic E-state index is -0.545. The molecule has 0 atom stereocenters. The summed E-state index contributed by atoms with van der Waals surface area (Å²) in [6.45, 7) is 0. The number of benzene rings is 2. The highest BCUT2D eigenvalue weighted by Gasteiger charge is 2.16. The number of nitrogens with zero attached hydrogens (tertiary/aromatic N) is 6. The lowest BCUT2D eigenvalue weighted by Crippen LogP contribution is -1.99. The van der Waals surface area contributed by atoms with Crippen LogP contribution in [0.5, 0.6) is 5.75 Å². The van der Waals surface area contributed by atoms with Crippen LogP contribution in [0.3, 0.4) is 0 Å². The van der Waals surface area contributed by atoms with Gasteiger partial charge in [0.05, 0.1) is 23.3 Å². The zero-order chi connectivity index (χ0) is 17.8. The Morgan fingerprint density at radius 1 is 1.28 bits per heavy atom. The van der Waals surface area contributed by atoms with E-state index in [0.717, 1.165) is 11.8 Å². The van der Waals surface area contributed by atoms with Crippen molar-refractivity contribution in [1.82, 2.24) is 20.2 Å². The predicted molar refractivity (Wildman–Crippen MR) is 87.6 cm³/mol. The van der Waals surface area contributed by atoms with Gasteiger partial charge < -0.3 is 4.74 Å². The zero-order valence-corrected chi connectivity index (χ0v) is 13.7. The Bertz CT molecular complexity index is 964. The maximum absolute atomic E-state index is 10.8. The molecule has 0 aliphatic rings. The summed E-state index contributed by atoms with van der Waals surface area (Å²) < 4.78 is 6.62. The average Bonchev–Trinajstić information content (AvgIpc) is 3.10. The number of methoxy groups -OCH3 is 1. The van der Waals surface area contributed by atoms with Crippen molar-refractivity contribution < 1.29 is 9.66 Å². The first-order chi connectivity index (χ1) is 12.1. The molecule has 0 N–H and O–H groups in total. The molecule has 1 heterocycles. The molecule has 9 nitrogen and oxygen atoms in total. The molecular weight excluding hydrogens is 344 g/mol. The Hall–Kier alpha value is -3.45. The van der Waals surface area contributed by atoms with Crippen LogP contribution in [0.1, 0.15) is 5.56 Å². The minimum absolute atomic E-state index is 0.143. The minimum Gasteiger partial charge on any atom is -0.497 e. The van der Waals surface area contributed by atoms with Crippen LogP contribution in [0.15, 0.2) is 52.5 Å². The molecule has 10 heteroatoms. The third kappa shape index (κ3) is 3.41. The number of nitro benzene ring substituents is 1. The summed E-state index contributed by atoms with van der Waals surface area (Å²) in [5.74, 6) is 0.702. The molecule has 0 spiro atoms. The second-order valence-electron chi connectivity index (χ2n) is 4.72. The molecule has 0 saturated heterocycles. The molecule has 124 valence electrons. The van der Waals surface area contributed by atoms with Gasteiger partial charge in [-0.25, -0.2) is 0 Å². The van der Waals surface area contributed by atoms with Crippen molar-refractivity contribution in [2.45, 2.75) is 10.1 Å². The Balaban J connectivity index is 1.93. The van der Waals surface area contributed by atoms with Gasteiger partial charge in [0.25, 0.3) is 5.69 Å². The zero-order valence-electron chi connectivity index (χ0n) is 12.9. The molecule has 3 aromatic rings. The molecule has 1 aromatic heterocycles. The van der Waals surface area contributed by atoms with Crippen molar-refractivity contribution in [2.24, 2.45) is 0 Å². The lowest BCUT2D eigenvalue weighted by molar-refractivity contribution is -0.384. The van der Waals surface area contributed by atoms with Gasteiger partial charge in [-0.2, -0.15) is 9.94 Å². The Labute approximate surface area is 146 Å². The van der Waals surface area contributed by atoms with Gasteiger partial charge in [-0.15, -0.1) is 5.10 Å². The van der Waals surface area contributed by atoms with E-state index in [0.29, 0.717) is 21.5 Å². The standard InChI is InChI=1S/C15H10N6O3S/c1-24-13-5-2-11(3-6-13)20-15(17-18-19-20)25-14-7-4-12(21(22)23)8-10(14)9-16/h2-8H,1H3. The molecule has 0 aliphatic heterocycles. The molecule has 2 aromatic carbocycles. The van der Waals surface area contributed by atoms with E-state index in [9.17, 15) is 15.4 Å². The highest BCUT2D eigenvalue weighted by atomic mass is 32.2. The van der Waals surface area contributed by atoms with Gasteiger partial charge in [0.2, 0.25) is 5.16 Å². The molecule has 25 heavy (non-hydrogen) atoms. The number of hydrogen-bond donors (Lipinski definition) is 0. The molecule has 0 bridgehead atoms. The van der Waals surface area contributed by atoms with Crippen LogP contribution in [0, 0.1) is 21.4 Å². The smallest absolute Gasteiger partial charge is 0.270 e. The number of tetrazole rings is 1. The molecule has 0 saturated carbocycles. The van der Waals surface area contributed by atoms with Gasteiger partial charge in [-0.3, -0.25) is 10.1 Å². The molecule has 0 aliphatic carbocycles. The maximum Gasteiger partial charge on any atom is 0.270 e. The Morgan fingerprint density at radius 2 is 2.04 bits per heavy atom. The lowest BCUT2D eigenvalue weighted by Gasteiger charge is -2.06. The summed E-state index contributed by atoms with van der Waals surface area (Å²) in [5, 5.41) is 32.1. The van der Waals surface area contributed by atoms with E-state index in [1.54, 1.807) is 31.4 Å². The lowest BCUT2D eigenvalue weighted by atomic mass is 10.2. The number of nitriles is 1. The fourth-order valence-electron chi connectivity index (χ4n) is 2.03. The largest absolute Gasteiger partial charge is 0.497 e. The van der Waals surface area contributed by atoms with Crippen molar-refractivity contribution in [3.63, 3.8) is 0 Å². The van der Waals surface area contributed by atoms with Crippen molar-refractivity contribution in [3.05, 3.63) is 58.1 Å². The molecule has 0 amide bonds. The first-order valence-electron chi connectivity index (χ1n) is 6.91. The third-order valence-corrected chi connectivity index (χ3v) is 4.27. The van der Waals surface area contributed by atoms with E-state index in [1.165, 1.54) is 22.9 Å². The van der Waals surface area contributed by atoms with Gasteiger partial charge >= 0.3 is 0 Å². The van der Waals surface area contributed by atoms with E-state index >= 15 is 0 Å². The van der Waals surface area contributed by atoms with Crippen LogP contribution in [-0.4, -0.2) is 32.2 Å². The molecule has 0 radical (unpaired) electrons. The summed E-state index contributed by atoms with van der Waals surface area (Å²) in [6, 6.07) is 13.2. The number of non-ortho nitro benzene ring substituents is 1. The van der Waals surface area contributed by atoms with Crippen molar-refractivity contribution in [3.8, 4) is 17.5 Å². The maximum atomic E-state index is 10.8. The van der Waals surface area contributed by atoms with Crippen LogP contribution in [-0.2, 0) is 0 Å². The number of ether oxygens (including phenoxy) is 1. The average molecular weight is 354 g/mol. The molecule has 3 rings (SSSR count). The first-order valence-corrected chi connectivity index (χ1v) is 7.73. The van der Waals surface area contributed by atoms with E-state index in [-0.39, 0.29) is 11.3 Å². The fourth-order valence-corrected chi connectivity index (χ4v) is 2.89. The van der Waals surface area contributed by atoms with E-state index in [1.807, 2.05) is 6.07 Å². The quantitative estimate of drug-likeness (QED) is 0.506. The van der Waals surface area contributed by atoms with Crippen LogP contribution < -0.4 is 4.74 Å². The van der Waals surface area contributed by atoms with Crippen molar-refractivity contribution >= 4 is 17.4 Å². The summed E-state index contributed by atoms with van der Waals surface area (Å²) in [6.07, 6.45) is 0. The SMILES string of the molecule is COc1ccc(-n2nnnc2Sc2ccc([N+](=O)[O-])cc2C#N)cc1. The highest BCUT2D eigenvalue weighted by Crippen LogP contribution is 2.31. The van der Waals surface area contributed by atoms with E-state index in [4.69, 9.17) is 4.74 Å². The summed E-state index contributed by atoms with van der Waals surface area (Å²) >= 11 is 1.15. The number of nitro groups is 1. The second-order valence-corrected chi connectivity index (χ2v) is 5.73. The van der Waals surface area contributed by atoms with Crippen molar-refractivity contribution in [1.29, 1.82) is 5.26 Å². The van der Waals surface area contributed by atoms with Crippen LogP contribution >= 0.6 is 11.8 Å². The molecular formula is C15H10N6O3S. The van der Waals surface area contributed by atoms with Crippen LogP contribution in [0.25, 0.3) is 5.69 Å². The molecule has 0 fully saturated rings. The molecule has 0 unspecified atom stereocenters. The van der Waals surface area contributed by atoms with Crippen LogP contribution in [0.4, 0.5) is 5.69 Å². The topological polar surface area (TPSA) is 120 Å². The second kappa shape index (κ2) is 6.98. The normalized spacial score (nSPS) is 10.2. The van der Waals surface area contributed by atoms with Gasteiger partial charge in [0, 0.05) is 17.0 Å². The number of aromatic nitrogens is 4. The van der Waals surface area contributed by atoms with E-state index in [2.05, 4.69) is 15.5 Å². The fraction of sp³-hybridized carbons (Fsp3) is 0.0667. The van der Waals surface area contributed by atoms with Crippen molar-refractivity contribution in [2.75, 3.05) is 7.11 Å². The third-order valence-electron chi connectivity index (χ3n) is 3.25. The number of rotatable bonds is 5. The van der Waals surface area contributed by atoms with Gasteiger partial charge in [-0.05, 0) is 52.5 Å². The van der Waals surface area contributed by atoms with Crippen LogP contribution in [0.2, 0.25) is 0 Å². The predicted octanol–water partition coefficient (Wildman–Crippen LogP) is 2.60. The summed E-state index contributed by atoms with van der Waals surface area (Å²) in [4.78, 5) is 10.8. The number of hydrogen-bond acceptors (Lipinski definition) is 8. The Kier molecular flexibility index (Phi) is 4.58.